The first-order chi connectivity index (χ1) is 9.60. The third-order valence-electron chi connectivity index (χ3n) is 3.00. The molecule has 0 N–H and O–H groups in total. The van der Waals surface area contributed by atoms with Crippen LogP contribution in [0.3, 0.4) is 0 Å². The minimum absolute atomic E-state index is 0.648. The number of aryl methyl sites for hydroxylation is 1. The molecular formula is C14H20N4O2. The summed E-state index contributed by atoms with van der Waals surface area (Å²) in [5, 5.41) is 4.53. The van der Waals surface area contributed by atoms with Crippen molar-refractivity contribution in [2.75, 3.05) is 33.2 Å². The monoisotopic (exact) mass is 276 g/mol. The normalized spacial score (nSPS) is 10.4. The van der Waals surface area contributed by atoms with Gasteiger partial charge in [0.25, 0.3) is 0 Å². The zero-order valence-corrected chi connectivity index (χ0v) is 12.5. The van der Waals surface area contributed by atoms with E-state index in [1.54, 1.807) is 14.2 Å². The zero-order valence-electron chi connectivity index (χ0n) is 12.5. The van der Waals surface area contributed by atoms with Crippen LogP contribution in [0.4, 0.5) is 5.95 Å². The summed E-state index contributed by atoms with van der Waals surface area (Å²) in [6.45, 7) is 2.80. The Morgan fingerprint density at radius 1 is 1.20 bits per heavy atom. The molecule has 0 amide bonds. The van der Waals surface area contributed by atoms with Crippen LogP contribution in [0.15, 0.2) is 18.2 Å². The summed E-state index contributed by atoms with van der Waals surface area (Å²) in [5.41, 5.74) is 0.851. The average Bonchev–Trinajstić information content (AvgIpc) is 2.90. The molecule has 0 atom stereocenters. The summed E-state index contributed by atoms with van der Waals surface area (Å²) < 4.78 is 12.5. The first kappa shape index (κ1) is 14.2. The zero-order chi connectivity index (χ0) is 14.7. The van der Waals surface area contributed by atoms with Crippen molar-refractivity contribution >= 4 is 5.95 Å². The van der Waals surface area contributed by atoms with Gasteiger partial charge in [-0.1, -0.05) is 0 Å². The Morgan fingerprint density at radius 2 is 1.95 bits per heavy atom. The number of anilines is 1. The fraction of sp³-hybridized carbons (Fsp3) is 0.429. The third-order valence-corrected chi connectivity index (χ3v) is 3.00. The van der Waals surface area contributed by atoms with E-state index in [0.717, 1.165) is 23.8 Å². The summed E-state index contributed by atoms with van der Waals surface area (Å²) in [6, 6.07) is 5.61. The van der Waals surface area contributed by atoms with Gasteiger partial charge in [0.15, 0.2) is 5.82 Å². The fourth-order valence-corrected chi connectivity index (χ4v) is 1.97. The second-order valence-electron chi connectivity index (χ2n) is 4.51. The van der Waals surface area contributed by atoms with Gasteiger partial charge in [-0.15, -0.1) is 5.10 Å². The summed E-state index contributed by atoms with van der Waals surface area (Å²) >= 11 is 0. The highest BCUT2D eigenvalue weighted by molar-refractivity contribution is 5.66. The number of aromatic nitrogens is 3. The summed E-state index contributed by atoms with van der Waals surface area (Å²) in [5.74, 6) is 2.91. The second-order valence-corrected chi connectivity index (χ2v) is 4.51. The van der Waals surface area contributed by atoms with E-state index in [0.29, 0.717) is 11.6 Å². The Balaban J connectivity index is 2.51. The van der Waals surface area contributed by atoms with Crippen LogP contribution in [-0.2, 0) is 6.54 Å². The topological polar surface area (TPSA) is 52.4 Å². The number of ether oxygens (including phenoxy) is 2. The van der Waals surface area contributed by atoms with Crippen molar-refractivity contribution in [1.29, 1.82) is 0 Å². The molecule has 108 valence electrons. The maximum Gasteiger partial charge on any atom is 0.223 e. The van der Waals surface area contributed by atoms with Crippen LogP contribution < -0.4 is 14.4 Å². The van der Waals surface area contributed by atoms with Crippen LogP contribution in [0.5, 0.6) is 11.5 Å². The van der Waals surface area contributed by atoms with Crippen molar-refractivity contribution in [2.24, 2.45) is 0 Å². The summed E-state index contributed by atoms with van der Waals surface area (Å²) in [4.78, 5) is 6.51. The Kier molecular flexibility index (Phi) is 4.12. The molecule has 0 fully saturated rings. The molecule has 0 aliphatic heterocycles. The van der Waals surface area contributed by atoms with Crippen molar-refractivity contribution < 1.29 is 9.47 Å². The highest BCUT2D eigenvalue weighted by Crippen LogP contribution is 2.32. The molecule has 0 spiro atoms. The van der Waals surface area contributed by atoms with E-state index >= 15 is 0 Å². The van der Waals surface area contributed by atoms with E-state index in [4.69, 9.17) is 9.47 Å². The number of nitrogens with zero attached hydrogens (tertiary/aromatic N) is 4. The lowest BCUT2D eigenvalue weighted by Gasteiger charge is -2.10. The second kappa shape index (κ2) is 5.81. The summed E-state index contributed by atoms with van der Waals surface area (Å²) in [6.07, 6.45) is 0. The molecule has 2 rings (SSSR count). The van der Waals surface area contributed by atoms with E-state index in [1.165, 1.54) is 0 Å². The van der Waals surface area contributed by atoms with Crippen LogP contribution in [0.25, 0.3) is 11.4 Å². The Morgan fingerprint density at radius 3 is 2.45 bits per heavy atom. The molecule has 0 saturated heterocycles. The summed E-state index contributed by atoms with van der Waals surface area (Å²) in [7, 11) is 7.15. The molecule has 0 bridgehead atoms. The number of rotatable bonds is 5. The van der Waals surface area contributed by atoms with E-state index in [2.05, 4.69) is 10.1 Å². The molecule has 6 heteroatoms. The SMILES string of the molecule is CCn1nc(-c2ccc(OC)cc2OC)nc1N(C)C. The van der Waals surface area contributed by atoms with Gasteiger partial charge in [-0.2, -0.15) is 4.98 Å². The van der Waals surface area contributed by atoms with Gasteiger partial charge in [0, 0.05) is 26.7 Å². The molecule has 0 aliphatic carbocycles. The number of hydrogen-bond acceptors (Lipinski definition) is 5. The van der Waals surface area contributed by atoms with Crippen molar-refractivity contribution in [3.63, 3.8) is 0 Å². The van der Waals surface area contributed by atoms with E-state index in [-0.39, 0.29) is 0 Å². The molecule has 0 unspecified atom stereocenters. The third kappa shape index (κ3) is 2.54. The molecule has 0 radical (unpaired) electrons. The smallest absolute Gasteiger partial charge is 0.223 e. The minimum Gasteiger partial charge on any atom is -0.497 e. The average molecular weight is 276 g/mol. The standard InChI is InChI=1S/C14H20N4O2/c1-6-18-14(17(2)3)15-13(16-18)11-8-7-10(19-4)9-12(11)20-5/h7-9H,6H2,1-5H3. The predicted molar refractivity (Wildman–Crippen MR) is 78.6 cm³/mol. The predicted octanol–water partition coefficient (Wildman–Crippen LogP) is 2.05. The molecule has 1 aromatic carbocycles. The van der Waals surface area contributed by atoms with Crippen LogP contribution >= 0.6 is 0 Å². The van der Waals surface area contributed by atoms with Gasteiger partial charge >= 0.3 is 0 Å². The van der Waals surface area contributed by atoms with Crippen LogP contribution in [0.1, 0.15) is 6.92 Å². The van der Waals surface area contributed by atoms with Gasteiger partial charge in [0.1, 0.15) is 11.5 Å². The van der Waals surface area contributed by atoms with Gasteiger partial charge in [0.2, 0.25) is 5.95 Å². The first-order valence-corrected chi connectivity index (χ1v) is 6.45. The van der Waals surface area contributed by atoms with Gasteiger partial charge in [-0.05, 0) is 19.1 Å². The Bertz CT molecular complexity index is 593. The highest BCUT2D eigenvalue weighted by atomic mass is 16.5. The lowest BCUT2D eigenvalue weighted by atomic mass is 10.2. The number of methoxy groups -OCH3 is 2. The van der Waals surface area contributed by atoms with Gasteiger partial charge in [0.05, 0.1) is 19.8 Å². The maximum atomic E-state index is 5.40. The molecule has 1 heterocycles. The molecule has 0 saturated carbocycles. The van der Waals surface area contributed by atoms with Gasteiger partial charge in [-0.25, -0.2) is 4.68 Å². The van der Waals surface area contributed by atoms with Crippen molar-refractivity contribution in [3.05, 3.63) is 18.2 Å². The van der Waals surface area contributed by atoms with Gasteiger partial charge < -0.3 is 14.4 Å². The molecule has 6 nitrogen and oxygen atoms in total. The van der Waals surface area contributed by atoms with E-state index in [1.807, 2.05) is 48.8 Å². The molecule has 20 heavy (non-hydrogen) atoms. The molecule has 0 aliphatic rings. The van der Waals surface area contributed by atoms with Gasteiger partial charge in [-0.3, -0.25) is 0 Å². The Labute approximate surface area is 118 Å². The van der Waals surface area contributed by atoms with Crippen molar-refractivity contribution in [1.82, 2.24) is 14.8 Å². The minimum atomic E-state index is 0.648. The number of hydrogen-bond donors (Lipinski definition) is 0. The lowest BCUT2D eigenvalue weighted by Crippen LogP contribution is -2.15. The van der Waals surface area contributed by atoms with Crippen LogP contribution in [0, 0.1) is 0 Å². The molecular weight excluding hydrogens is 256 g/mol. The van der Waals surface area contributed by atoms with E-state index in [9.17, 15) is 0 Å². The van der Waals surface area contributed by atoms with Crippen LogP contribution in [-0.4, -0.2) is 43.1 Å². The highest BCUT2D eigenvalue weighted by Gasteiger charge is 2.16. The van der Waals surface area contributed by atoms with Crippen molar-refractivity contribution in [3.8, 4) is 22.9 Å². The Hall–Kier alpha value is -2.24. The molecule has 2 aromatic rings. The fourth-order valence-electron chi connectivity index (χ4n) is 1.97. The first-order valence-electron chi connectivity index (χ1n) is 6.45. The largest absolute Gasteiger partial charge is 0.497 e. The quantitative estimate of drug-likeness (QED) is 0.836. The van der Waals surface area contributed by atoms with E-state index < -0.39 is 0 Å². The molecule has 1 aromatic heterocycles. The maximum absolute atomic E-state index is 5.40. The lowest BCUT2D eigenvalue weighted by molar-refractivity contribution is 0.395. The van der Waals surface area contributed by atoms with Crippen LogP contribution in [0.2, 0.25) is 0 Å². The van der Waals surface area contributed by atoms with Crippen molar-refractivity contribution in [2.45, 2.75) is 13.5 Å². The number of benzene rings is 1.